The van der Waals surface area contributed by atoms with E-state index < -0.39 is 0 Å². The van der Waals surface area contributed by atoms with Gasteiger partial charge < -0.3 is 9.80 Å². The molecule has 68 heavy (non-hydrogen) atoms. The maximum atomic E-state index is 2.60. The molecule has 0 aliphatic carbocycles. The molecule has 10 aromatic carbocycles. The summed E-state index contributed by atoms with van der Waals surface area (Å²) in [6.45, 7) is 23.3. The van der Waals surface area contributed by atoms with Crippen molar-refractivity contribution in [2.45, 2.75) is 92.9 Å². The lowest BCUT2D eigenvalue weighted by Gasteiger charge is -2.34. The number of hydrogen-bond acceptors (Lipinski definition) is 2. The van der Waals surface area contributed by atoms with E-state index >= 15 is 0 Å². The van der Waals surface area contributed by atoms with Crippen molar-refractivity contribution in [2.75, 3.05) is 9.80 Å². The van der Waals surface area contributed by atoms with Gasteiger partial charge in [-0.25, -0.2) is 0 Å². The van der Waals surface area contributed by atoms with Gasteiger partial charge in [-0.1, -0.05) is 201 Å². The standard InChI is InChI=1S/C66H64N2/c1-41(2)51-31-29-49(47-23-13-11-14-24-47)37-61(51)67(59-27-19-17-21-45(59)9)63-39-57(43(5)6)53-34-36-56-64(40-58(44(7)8)54-33-35-55(63)65(53)66(54)56)68(60-28-20-18-22-46(60)10)62-38-50(30-32-52(62)42(3)4)48-25-15-12-16-26-48/h11-44H,1-10H3. The SMILES string of the molecule is Cc1ccccc1N(c1cc(-c2ccccc2)ccc1C(C)C)c1cc(C(C)C)c2ccc3c(N(c4ccccc4C)c4cc(-c5ccccc5)ccc4C(C)C)cc(C(C)C)c4ccc1c2c43. The van der Waals surface area contributed by atoms with Crippen molar-refractivity contribution in [1.29, 1.82) is 0 Å². The zero-order valence-electron chi connectivity index (χ0n) is 41.5. The summed E-state index contributed by atoms with van der Waals surface area (Å²) in [5.41, 5.74) is 19.9. The van der Waals surface area contributed by atoms with E-state index in [2.05, 4.69) is 261 Å². The Morgan fingerprint density at radius 3 is 0.956 bits per heavy atom. The van der Waals surface area contributed by atoms with Crippen LogP contribution in [0.3, 0.4) is 0 Å². The van der Waals surface area contributed by atoms with E-state index in [0.717, 1.165) is 0 Å². The molecule has 0 aliphatic rings. The summed E-state index contributed by atoms with van der Waals surface area (Å²) in [6.07, 6.45) is 0. The molecule has 0 amide bonds. The summed E-state index contributed by atoms with van der Waals surface area (Å²) in [6, 6.07) is 68.6. The Morgan fingerprint density at radius 2 is 0.603 bits per heavy atom. The number of benzene rings is 10. The van der Waals surface area contributed by atoms with Crippen molar-refractivity contribution in [2.24, 2.45) is 0 Å². The van der Waals surface area contributed by atoms with E-state index in [-0.39, 0.29) is 11.8 Å². The van der Waals surface area contributed by atoms with Gasteiger partial charge in [-0.3, -0.25) is 0 Å². The van der Waals surface area contributed by atoms with Crippen LogP contribution < -0.4 is 9.80 Å². The second kappa shape index (κ2) is 18.1. The molecule has 0 heterocycles. The Balaban J connectivity index is 1.35. The van der Waals surface area contributed by atoms with E-state index in [9.17, 15) is 0 Å². The highest BCUT2D eigenvalue weighted by molar-refractivity contribution is 6.29. The van der Waals surface area contributed by atoms with Gasteiger partial charge in [0.05, 0.1) is 22.7 Å². The summed E-state index contributed by atoms with van der Waals surface area (Å²) in [7, 11) is 0. The van der Waals surface area contributed by atoms with Crippen molar-refractivity contribution < 1.29 is 0 Å². The molecule has 2 nitrogen and oxygen atoms in total. The maximum absolute atomic E-state index is 2.60. The van der Waals surface area contributed by atoms with Crippen LogP contribution in [0.25, 0.3) is 54.6 Å². The highest BCUT2D eigenvalue weighted by Gasteiger charge is 2.29. The second-order valence-corrected chi connectivity index (χ2v) is 20.2. The second-order valence-electron chi connectivity index (χ2n) is 20.2. The van der Waals surface area contributed by atoms with Gasteiger partial charge in [0.25, 0.3) is 0 Å². The van der Waals surface area contributed by atoms with Crippen LogP contribution in [0.4, 0.5) is 34.1 Å². The summed E-state index contributed by atoms with van der Waals surface area (Å²) in [5, 5.41) is 7.84. The first kappa shape index (κ1) is 44.7. The smallest absolute Gasteiger partial charge is 0.0543 e. The van der Waals surface area contributed by atoms with Crippen LogP contribution in [-0.2, 0) is 0 Å². The molecule has 0 saturated heterocycles. The van der Waals surface area contributed by atoms with Gasteiger partial charge in [-0.05, 0) is 151 Å². The number of para-hydroxylation sites is 2. The van der Waals surface area contributed by atoms with Gasteiger partial charge in [0.15, 0.2) is 0 Å². The van der Waals surface area contributed by atoms with Gasteiger partial charge in [-0.2, -0.15) is 0 Å². The molecule has 0 aliphatic heterocycles. The average Bonchev–Trinajstić information content (AvgIpc) is 3.35. The Hall–Kier alpha value is -7.16. The molecule has 338 valence electrons. The molecular weight excluding hydrogens is 821 g/mol. The number of aryl methyl sites for hydroxylation is 2. The van der Waals surface area contributed by atoms with E-state index in [1.165, 1.54) is 122 Å². The number of rotatable bonds is 12. The van der Waals surface area contributed by atoms with Crippen molar-refractivity contribution in [3.05, 3.63) is 215 Å². The Kier molecular flexibility index (Phi) is 11.9. The number of nitrogens with zero attached hydrogens (tertiary/aromatic N) is 2. The van der Waals surface area contributed by atoms with Gasteiger partial charge in [-0.15, -0.1) is 0 Å². The molecule has 0 fully saturated rings. The highest BCUT2D eigenvalue weighted by Crippen LogP contribution is 2.53. The maximum Gasteiger partial charge on any atom is 0.0543 e. The average molecular weight is 885 g/mol. The minimum Gasteiger partial charge on any atom is -0.309 e. The van der Waals surface area contributed by atoms with E-state index in [1.54, 1.807) is 0 Å². The van der Waals surface area contributed by atoms with Gasteiger partial charge in [0.1, 0.15) is 0 Å². The van der Waals surface area contributed by atoms with E-state index in [0.29, 0.717) is 11.8 Å². The van der Waals surface area contributed by atoms with Crippen LogP contribution in [0.5, 0.6) is 0 Å². The van der Waals surface area contributed by atoms with Gasteiger partial charge >= 0.3 is 0 Å². The number of anilines is 6. The van der Waals surface area contributed by atoms with Crippen LogP contribution in [0.15, 0.2) is 182 Å². The lowest BCUT2D eigenvalue weighted by molar-refractivity contribution is 0.863. The quantitative estimate of drug-likeness (QED) is 0.113. The van der Waals surface area contributed by atoms with E-state index in [1.807, 2.05) is 0 Å². The minimum absolute atomic E-state index is 0.277. The zero-order valence-corrected chi connectivity index (χ0v) is 41.5. The third kappa shape index (κ3) is 7.80. The lowest BCUT2D eigenvalue weighted by Crippen LogP contribution is -2.16. The molecule has 0 N–H and O–H groups in total. The Bertz CT molecular complexity index is 3200. The molecule has 0 bridgehead atoms. The summed E-state index contributed by atoms with van der Waals surface area (Å²) in [5.74, 6) is 1.15. The van der Waals surface area contributed by atoms with E-state index in [4.69, 9.17) is 0 Å². The molecule has 10 rings (SSSR count). The largest absolute Gasteiger partial charge is 0.309 e. The van der Waals surface area contributed by atoms with Crippen molar-refractivity contribution >= 4 is 66.4 Å². The van der Waals surface area contributed by atoms with Crippen molar-refractivity contribution in [3.63, 3.8) is 0 Å². The molecule has 0 spiro atoms. The van der Waals surface area contributed by atoms with Crippen molar-refractivity contribution in [3.8, 4) is 22.3 Å². The summed E-state index contributed by atoms with van der Waals surface area (Å²) >= 11 is 0. The molecule has 0 radical (unpaired) electrons. The Morgan fingerprint density at radius 1 is 0.265 bits per heavy atom. The molecule has 0 atom stereocenters. The van der Waals surface area contributed by atoms with Crippen molar-refractivity contribution in [1.82, 2.24) is 0 Å². The fraction of sp³-hybridized carbons (Fsp3) is 0.212. The van der Waals surface area contributed by atoms with Crippen LogP contribution in [0, 0.1) is 13.8 Å². The highest BCUT2D eigenvalue weighted by atomic mass is 15.2. The zero-order chi connectivity index (χ0) is 47.4. The molecule has 0 aromatic heterocycles. The first-order valence-corrected chi connectivity index (χ1v) is 24.8. The van der Waals surface area contributed by atoms with Crippen LogP contribution in [0.2, 0.25) is 0 Å². The third-order valence-electron chi connectivity index (χ3n) is 14.4. The Labute approximate surface area is 404 Å². The van der Waals surface area contributed by atoms with Crippen LogP contribution in [-0.4, -0.2) is 0 Å². The predicted octanol–water partition coefficient (Wildman–Crippen LogP) is 20.0. The summed E-state index contributed by atoms with van der Waals surface area (Å²) < 4.78 is 0. The fourth-order valence-electron chi connectivity index (χ4n) is 10.8. The van der Waals surface area contributed by atoms with Gasteiger partial charge in [0, 0.05) is 22.1 Å². The number of hydrogen-bond donors (Lipinski definition) is 0. The van der Waals surface area contributed by atoms with Crippen LogP contribution >= 0.6 is 0 Å². The third-order valence-corrected chi connectivity index (χ3v) is 14.4. The minimum atomic E-state index is 0.277. The molecule has 10 aromatic rings. The van der Waals surface area contributed by atoms with Gasteiger partial charge in [0.2, 0.25) is 0 Å². The first-order chi connectivity index (χ1) is 32.9. The monoisotopic (exact) mass is 885 g/mol. The lowest BCUT2D eigenvalue weighted by atomic mass is 9.83. The predicted molar refractivity (Wildman–Crippen MR) is 296 cm³/mol. The molecule has 2 heteroatoms. The summed E-state index contributed by atoms with van der Waals surface area (Å²) in [4.78, 5) is 5.20. The molecule has 0 saturated carbocycles. The normalized spacial score (nSPS) is 11.9. The van der Waals surface area contributed by atoms with Crippen LogP contribution in [0.1, 0.15) is 112 Å². The molecular formula is C66H64N2. The first-order valence-electron chi connectivity index (χ1n) is 24.8. The molecule has 0 unspecified atom stereocenters. The topological polar surface area (TPSA) is 6.48 Å². The fourth-order valence-corrected chi connectivity index (χ4v) is 10.8.